The molecule has 1 saturated heterocycles. The maximum Gasteiger partial charge on any atom is 0.317 e. The number of pyridine rings is 1. The second kappa shape index (κ2) is 6.38. The van der Waals surface area contributed by atoms with Gasteiger partial charge in [0.05, 0.1) is 0 Å². The molecule has 18 heavy (non-hydrogen) atoms. The zero-order valence-electron chi connectivity index (χ0n) is 10.9. The molecule has 1 aromatic rings. The van der Waals surface area contributed by atoms with Crippen molar-refractivity contribution in [1.29, 1.82) is 0 Å². The molecule has 0 spiro atoms. The number of likely N-dealkylation sites (tertiary alicyclic amines) is 1. The average molecular weight is 247 g/mol. The van der Waals surface area contributed by atoms with Crippen LogP contribution >= 0.6 is 0 Å². The summed E-state index contributed by atoms with van der Waals surface area (Å²) in [5.41, 5.74) is 1.02. The number of rotatable bonds is 3. The van der Waals surface area contributed by atoms with Crippen LogP contribution in [0.1, 0.15) is 25.5 Å². The Hall–Kier alpha value is -1.58. The minimum absolute atomic E-state index is 0.0671. The number of carbonyl (C=O) groups excluding carboxylic acids is 1. The molecule has 2 heterocycles. The molecular formula is C14H21N3O. The number of amides is 2. The second-order valence-electron chi connectivity index (χ2n) is 5.00. The lowest BCUT2D eigenvalue weighted by Crippen LogP contribution is -2.45. The van der Waals surface area contributed by atoms with Crippen LogP contribution in [-0.4, -0.2) is 35.5 Å². The number of carbonyl (C=O) groups is 1. The van der Waals surface area contributed by atoms with E-state index in [1.54, 1.807) is 6.20 Å². The summed E-state index contributed by atoms with van der Waals surface area (Å²) in [5.74, 6) is 0.625. The molecule has 98 valence electrons. The number of piperidine rings is 1. The summed E-state index contributed by atoms with van der Waals surface area (Å²) in [5, 5.41) is 2.97. The Morgan fingerprint density at radius 2 is 2.44 bits per heavy atom. The van der Waals surface area contributed by atoms with Gasteiger partial charge < -0.3 is 10.2 Å². The Kier molecular flexibility index (Phi) is 4.56. The highest BCUT2D eigenvalue weighted by molar-refractivity contribution is 5.74. The van der Waals surface area contributed by atoms with Gasteiger partial charge in [-0.1, -0.05) is 13.0 Å². The van der Waals surface area contributed by atoms with Crippen molar-refractivity contribution in [2.24, 2.45) is 5.92 Å². The van der Waals surface area contributed by atoms with Crippen LogP contribution in [0.15, 0.2) is 24.4 Å². The Morgan fingerprint density at radius 3 is 3.17 bits per heavy atom. The summed E-state index contributed by atoms with van der Waals surface area (Å²) in [7, 11) is 0. The standard InChI is InChI=1S/C14H21N3O/c1-12-5-4-10-17(11-12)14(18)16-9-7-13-6-2-3-8-15-13/h2-3,6,8,12H,4-5,7,9-11H2,1H3,(H,16,18). The Bertz CT molecular complexity index is 380. The number of hydrogen-bond acceptors (Lipinski definition) is 2. The predicted octanol–water partition coefficient (Wildman–Crippen LogP) is 2.07. The van der Waals surface area contributed by atoms with Gasteiger partial charge in [-0.2, -0.15) is 0 Å². The highest BCUT2D eigenvalue weighted by Gasteiger charge is 2.20. The molecule has 0 bridgehead atoms. The van der Waals surface area contributed by atoms with Gasteiger partial charge >= 0.3 is 6.03 Å². The summed E-state index contributed by atoms with van der Waals surface area (Å²) >= 11 is 0. The van der Waals surface area contributed by atoms with E-state index in [2.05, 4.69) is 17.2 Å². The first-order valence-electron chi connectivity index (χ1n) is 6.68. The van der Waals surface area contributed by atoms with E-state index in [1.807, 2.05) is 23.1 Å². The summed E-state index contributed by atoms with van der Waals surface area (Å²) < 4.78 is 0. The zero-order chi connectivity index (χ0) is 12.8. The van der Waals surface area contributed by atoms with Crippen molar-refractivity contribution in [1.82, 2.24) is 15.2 Å². The van der Waals surface area contributed by atoms with Crippen LogP contribution in [0.5, 0.6) is 0 Å². The summed E-state index contributed by atoms with van der Waals surface area (Å²) in [6.45, 7) is 4.63. The van der Waals surface area contributed by atoms with Gasteiger partial charge in [-0.05, 0) is 30.9 Å². The van der Waals surface area contributed by atoms with Gasteiger partial charge in [0.25, 0.3) is 0 Å². The van der Waals surface area contributed by atoms with Gasteiger partial charge in [-0.15, -0.1) is 0 Å². The first-order chi connectivity index (χ1) is 8.75. The van der Waals surface area contributed by atoms with Crippen molar-refractivity contribution in [2.45, 2.75) is 26.2 Å². The molecule has 4 heteroatoms. The normalized spacial score (nSPS) is 19.6. The van der Waals surface area contributed by atoms with Crippen molar-refractivity contribution in [2.75, 3.05) is 19.6 Å². The van der Waals surface area contributed by atoms with E-state index < -0.39 is 0 Å². The van der Waals surface area contributed by atoms with E-state index in [9.17, 15) is 4.79 Å². The maximum absolute atomic E-state index is 11.9. The molecule has 1 aliphatic heterocycles. The third kappa shape index (κ3) is 3.72. The molecule has 0 radical (unpaired) electrons. The smallest absolute Gasteiger partial charge is 0.317 e. The van der Waals surface area contributed by atoms with Crippen molar-refractivity contribution in [3.05, 3.63) is 30.1 Å². The molecule has 2 rings (SSSR count). The molecule has 4 nitrogen and oxygen atoms in total. The van der Waals surface area contributed by atoms with Crippen LogP contribution in [0.4, 0.5) is 4.79 Å². The van der Waals surface area contributed by atoms with Gasteiger partial charge in [-0.25, -0.2) is 4.79 Å². The fourth-order valence-corrected chi connectivity index (χ4v) is 2.33. The maximum atomic E-state index is 11.9. The van der Waals surface area contributed by atoms with Gasteiger partial charge in [0.2, 0.25) is 0 Å². The molecule has 1 fully saturated rings. The van der Waals surface area contributed by atoms with Gasteiger partial charge in [0.1, 0.15) is 0 Å². The topological polar surface area (TPSA) is 45.2 Å². The first kappa shape index (κ1) is 12.9. The average Bonchev–Trinajstić information content (AvgIpc) is 2.40. The van der Waals surface area contributed by atoms with E-state index in [4.69, 9.17) is 0 Å². The molecule has 0 aliphatic carbocycles. The van der Waals surface area contributed by atoms with Crippen LogP contribution in [0.3, 0.4) is 0 Å². The quantitative estimate of drug-likeness (QED) is 0.888. The van der Waals surface area contributed by atoms with Crippen molar-refractivity contribution in [3.63, 3.8) is 0 Å². The Labute approximate surface area is 108 Å². The fraction of sp³-hybridized carbons (Fsp3) is 0.571. The zero-order valence-corrected chi connectivity index (χ0v) is 10.9. The minimum atomic E-state index is 0.0671. The van der Waals surface area contributed by atoms with Crippen LogP contribution < -0.4 is 5.32 Å². The molecule has 1 N–H and O–H groups in total. The molecule has 0 saturated carbocycles. The number of nitrogens with one attached hydrogen (secondary N) is 1. The minimum Gasteiger partial charge on any atom is -0.338 e. The molecule has 1 aliphatic rings. The summed E-state index contributed by atoms with van der Waals surface area (Å²) in [6, 6.07) is 5.92. The summed E-state index contributed by atoms with van der Waals surface area (Å²) in [6.07, 6.45) is 4.92. The Morgan fingerprint density at radius 1 is 1.56 bits per heavy atom. The molecule has 2 amide bonds. The number of nitrogens with zero attached hydrogens (tertiary/aromatic N) is 2. The molecule has 0 aromatic carbocycles. The van der Waals surface area contributed by atoms with E-state index in [-0.39, 0.29) is 6.03 Å². The lowest BCUT2D eigenvalue weighted by molar-refractivity contribution is 0.170. The third-order valence-electron chi connectivity index (χ3n) is 3.33. The number of hydrogen-bond donors (Lipinski definition) is 1. The third-order valence-corrected chi connectivity index (χ3v) is 3.33. The van der Waals surface area contributed by atoms with Gasteiger partial charge in [0.15, 0.2) is 0 Å². The van der Waals surface area contributed by atoms with Crippen LogP contribution in [0, 0.1) is 5.92 Å². The lowest BCUT2D eigenvalue weighted by atomic mass is 10.0. The van der Waals surface area contributed by atoms with Crippen molar-refractivity contribution < 1.29 is 4.79 Å². The first-order valence-corrected chi connectivity index (χ1v) is 6.68. The largest absolute Gasteiger partial charge is 0.338 e. The van der Waals surface area contributed by atoms with Crippen LogP contribution in [-0.2, 0) is 6.42 Å². The van der Waals surface area contributed by atoms with E-state index in [0.717, 1.165) is 31.6 Å². The molecule has 1 atom stereocenters. The fourth-order valence-electron chi connectivity index (χ4n) is 2.33. The molecule has 1 unspecified atom stereocenters. The Balaban J connectivity index is 1.71. The van der Waals surface area contributed by atoms with Gasteiger partial charge in [-0.3, -0.25) is 4.98 Å². The summed E-state index contributed by atoms with van der Waals surface area (Å²) in [4.78, 5) is 18.1. The van der Waals surface area contributed by atoms with E-state index >= 15 is 0 Å². The van der Waals surface area contributed by atoms with E-state index in [1.165, 1.54) is 6.42 Å². The second-order valence-corrected chi connectivity index (χ2v) is 5.00. The number of urea groups is 1. The van der Waals surface area contributed by atoms with Crippen molar-refractivity contribution >= 4 is 6.03 Å². The van der Waals surface area contributed by atoms with Crippen LogP contribution in [0.2, 0.25) is 0 Å². The molecular weight excluding hydrogens is 226 g/mol. The number of aromatic nitrogens is 1. The van der Waals surface area contributed by atoms with E-state index in [0.29, 0.717) is 12.5 Å². The van der Waals surface area contributed by atoms with Crippen molar-refractivity contribution in [3.8, 4) is 0 Å². The highest BCUT2D eigenvalue weighted by atomic mass is 16.2. The van der Waals surface area contributed by atoms with Crippen LogP contribution in [0.25, 0.3) is 0 Å². The monoisotopic (exact) mass is 247 g/mol. The van der Waals surface area contributed by atoms with Gasteiger partial charge in [0, 0.05) is 37.9 Å². The highest BCUT2D eigenvalue weighted by Crippen LogP contribution is 2.15. The predicted molar refractivity (Wildman–Crippen MR) is 71.3 cm³/mol. The lowest BCUT2D eigenvalue weighted by Gasteiger charge is -2.30. The molecule has 1 aromatic heterocycles. The SMILES string of the molecule is CC1CCCN(C(=O)NCCc2ccccn2)C1.